The third-order valence-corrected chi connectivity index (χ3v) is 4.34. The van der Waals surface area contributed by atoms with E-state index < -0.39 is 11.9 Å². The molecule has 7 heteroatoms. The summed E-state index contributed by atoms with van der Waals surface area (Å²) in [5.74, 6) is -2.46. The van der Waals surface area contributed by atoms with Crippen molar-refractivity contribution in [3.8, 4) is 0 Å². The Balaban J connectivity index is 0.000000540. The van der Waals surface area contributed by atoms with Gasteiger partial charge in [0.05, 0.1) is 11.1 Å². The molecule has 0 aliphatic heterocycles. The highest BCUT2D eigenvalue weighted by Gasteiger charge is 2.13. The van der Waals surface area contributed by atoms with Crippen LogP contribution in [0, 0.1) is 4.91 Å². The Morgan fingerprint density at radius 2 is 1.29 bits per heavy atom. The van der Waals surface area contributed by atoms with E-state index in [1.165, 1.54) is 62.8 Å². The number of carboxylic acids is 2. The van der Waals surface area contributed by atoms with E-state index in [0.717, 1.165) is 25.7 Å². The van der Waals surface area contributed by atoms with E-state index >= 15 is 0 Å². The van der Waals surface area contributed by atoms with E-state index in [-0.39, 0.29) is 17.2 Å². The lowest BCUT2D eigenvalue weighted by atomic mass is 10.0. The minimum atomic E-state index is -1.23. The van der Waals surface area contributed by atoms with Crippen LogP contribution >= 0.6 is 0 Å². The summed E-state index contributed by atoms with van der Waals surface area (Å²) in [5.41, 5.74) is -0.380. The molecular weight excluding hydrogens is 362 g/mol. The predicted octanol–water partition coefficient (Wildman–Crippen LogP) is 6.08. The first kappa shape index (κ1) is 25.6. The van der Waals surface area contributed by atoms with Gasteiger partial charge in [0.2, 0.25) is 0 Å². The molecule has 0 aliphatic rings. The van der Waals surface area contributed by atoms with Crippen LogP contribution in [0.3, 0.4) is 0 Å². The Bertz CT molecular complexity index is 531. The number of benzene rings is 1. The molecule has 7 nitrogen and oxygen atoms in total. The van der Waals surface area contributed by atoms with Crippen LogP contribution in [-0.4, -0.2) is 28.3 Å². The van der Waals surface area contributed by atoms with Crippen LogP contribution in [0.15, 0.2) is 29.6 Å². The zero-order chi connectivity index (χ0) is 21.2. The van der Waals surface area contributed by atoms with Gasteiger partial charge in [-0.2, -0.15) is 0 Å². The molecule has 0 bridgehead atoms. The van der Waals surface area contributed by atoms with Gasteiger partial charge in [0.1, 0.15) is 6.10 Å². The summed E-state index contributed by atoms with van der Waals surface area (Å²) in [6, 6.07) is 5.48. The maximum Gasteiger partial charge on any atom is 0.336 e. The molecule has 1 rings (SSSR count). The van der Waals surface area contributed by atoms with Crippen molar-refractivity contribution >= 4 is 11.9 Å². The molecule has 0 atom stereocenters. The fourth-order valence-electron chi connectivity index (χ4n) is 2.76. The summed E-state index contributed by atoms with van der Waals surface area (Å²) in [5, 5.41) is 19.7. The van der Waals surface area contributed by atoms with Crippen molar-refractivity contribution in [2.24, 2.45) is 5.34 Å². The number of rotatable bonds is 14. The van der Waals surface area contributed by atoms with Crippen molar-refractivity contribution < 1.29 is 24.6 Å². The molecule has 0 amide bonds. The number of hydrogen-bond acceptors (Lipinski definition) is 5. The van der Waals surface area contributed by atoms with Gasteiger partial charge in [-0.05, 0) is 37.8 Å². The van der Waals surface area contributed by atoms with Crippen LogP contribution in [0.2, 0.25) is 0 Å². The first-order valence-electron chi connectivity index (χ1n) is 10.0. The summed E-state index contributed by atoms with van der Waals surface area (Å²) >= 11 is 0. The normalized spacial score (nSPS) is 10.1. The molecule has 0 fully saturated rings. The van der Waals surface area contributed by atoms with Gasteiger partial charge in [-0.3, -0.25) is 0 Å². The molecule has 0 saturated carbocycles. The summed E-state index contributed by atoms with van der Waals surface area (Å²) < 4.78 is 0. The zero-order valence-corrected chi connectivity index (χ0v) is 16.9. The highest BCUT2D eigenvalue weighted by Crippen LogP contribution is 2.15. The van der Waals surface area contributed by atoms with Crippen molar-refractivity contribution in [2.45, 2.75) is 84.2 Å². The minimum Gasteiger partial charge on any atom is -0.478 e. The number of carboxylic acid groups (broad SMARTS) is 2. The lowest BCUT2D eigenvalue weighted by Crippen LogP contribution is -2.09. The molecule has 0 aliphatic carbocycles. The number of unbranched alkanes of at least 4 members (excludes halogenated alkanes) is 6. The molecule has 158 valence electrons. The highest BCUT2D eigenvalue weighted by atomic mass is 16.7. The van der Waals surface area contributed by atoms with Crippen LogP contribution in [0.5, 0.6) is 0 Å². The van der Waals surface area contributed by atoms with E-state index in [1.807, 2.05) is 0 Å². The van der Waals surface area contributed by atoms with Crippen LogP contribution in [0.25, 0.3) is 0 Å². The van der Waals surface area contributed by atoms with Gasteiger partial charge in [0.15, 0.2) is 5.34 Å². The molecule has 28 heavy (non-hydrogen) atoms. The van der Waals surface area contributed by atoms with E-state index in [9.17, 15) is 14.5 Å². The smallest absolute Gasteiger partial charge is 0.336 e. The third-order valence-electron chi connectivity index (χ3n) is 4.34. The molecule has 0 saturated heterocycles. The summed E-state index contributed by atoms with van der Waals surface area (Å²) in [6.07, 6.45) is 11.9. The van der Waals surface area contributed by atoms with Gasteiger partial charge in [0, 0.05) is 0 Å². The highest BCUT2D eigenvalue weighted by molar-refractivity contribution is 6.01. The second-order valence-corrected chi connectivity index (χ2v) is 6.66. The summed E-state index contributed by atoms with van der Waals surface area (Å²) in [6.45, 7) is 4.40. The second-order valence-electron chi connectivity index (χ2n) is 6.66. The van der Waals surface area contributed by atoms with Crippen molar-refractivity contribution in [3.05, 3.63) is 40.3 Å². The Morgan fingerprint density at radius 3 is 1.61 bits per heavy atom. The van der Waals surface area contributed by atoms with E-state index in [4.69, 9.17) is 15.1 Å². The fraction of sp³-hybridized carbons (Fsp3) is 0.619. The van der Waals surface area contributed by atoms with Gasteiger partial charge in [-0.1, -0.05) is 64.5 Å². The molecule has 0 unspecified atom stereocenters. The maximum absolute atomic E-state index is 10.5. The fourth-order valence-corrected chi connectivity index (χ4v) is 2.76. The lowest BCUT2D eigenvalue weighted by molar-refractivity contribution is 0.0396. The van der Waals surface area contributed by atoms with Gasteiger partial charge in [-0.15, -0.1) is 4.91 Å². The average Bonchev–Trinajstić information content (AvgIpc) is 2.68. The molecule has 1 aromatic rings. The van der Waals surface area contributed by atoms with Crippen LogP contribution in [-0.2, 0) is 4.84 Å². The summed E-state index contributed by atoms with van der Waals surface area (Å²) in [7, 11) is 0. The lowest BCUT2D eigenvalue weighted by Gasteiger charge is -2.12. The topological polar surface area (TPSA) is 113 Å². The Hall–Kier alpha value is -2.44. The average molecular weight is 395 g/mol. The monoisotopic (exact) mass is 395 g/mol. The van der Waals surface area contributed by atoms with Gasteiger partial charge < -0.3 is 15.1 Å². The Morgan fingerprint density at radius 1 is 0.857 bits per heavy atom. The van der Waals surface area contributed by atoms with E-state index in [2.05, 4.69) is 19.2 Å². The van der Waals surface area contributed by atoms with Crippen LogP contribution < -0.4 is 0 Å². The first-order valence-corrected chi connectivity index (χ1v) is 10.0. The first-order chi connectivity index (χ1) is 13.5. The minimum absolute atomic E-state index is 0.0613. The van der Waals surface area contributed by atoms with E-state index in [0.29, 0.717) is 0 Å². The third kappa shape index (κ3) is 12.0. The van der Waals surface area contributed by atoms with Crippen molar-refractivity contribution in [2.75, 3.05) is 0 Å². The SMILES string of the molecule is CCCCCCC(CCCCCC)ON=O.O=C(O)c1ccccc1C(=O)O. The summed E-state index contributed by atoms with van der Waals surface area (Å²) in [4.78, 5) is 35.9. The zero-order valence-electron chi connectivity index (χ0n) is 16.9. The number of aromatic carboxylic acids is 2. The van der Waals surface area contributed by atoms with Gasteiger partial charge >= 0.3 is 11.9 Å². The molecule has 2 N–H and O–H groups in total. The quantitative estimate of drug-likeness (QED) is 0.224. The molecule has 0 aromatic heterocycles. The van der Waals surface area contributed by atoms with Gasteiger partial charge in [-0.25, -0.2) is 9.59 Å². The van der Waals surface area contributed by atoms with Crippen molar-refractivity contribution in [1.82, 2.24) is 0 Å². The second kappa shape index (κ2) is 16.7. The molecule has 0 heterocycles. The maximum atomic E-state index is 10.5. The van der Waals surface area contributed by atoms with Crippen molar-refractivity contribution in [3.63, 3.8) is 0 Å². The van der Waals surface area contributed by atoms with Crippen molar-refractivity contribution in [1.29, 1.82) is 0 Å². The molecular formula is C21H33NO6. The number of hydrogen-bond donors (Lipinski definition) is 2. The predicted molar refractivity (Wildman–Crippen MR) is 109 cm³/mol. The molecule has 1 aromatic carbocycles. The standard InChI is InChI=1S/C13H27NO2.C8H6O4/c1-3-5-7-9-11-13(16-14-15)12-10-8-6-4-2;9-7(10)5-3-1-2-4-6(5)8(11)12/h13H,3-12H2,1-2H3;1-4H,(H,9,10)(H,11,12). The molecule has 0 radical (unpaired) electrons. The van der Waals surface area contributed by atoms with E-state index in [1.54, 1.807) is 0 Å². The largest absolute Gasteiger partial charge is 0.478 e. The van der Waals surface area contributed by atoms with Crippen LogP contribution in [0.4, 0.5) is 0 Å². The number of nitrogens with zero attached hydrogens (tertiary/aromatic N) is 1. The van der Waals surface area contributed by atoms with Crippen LogP contribution in [0.1, 0.15) is 98.8 Å². The molecule has 0 spiro atoms. The van der Waals surface area contributed by atoms with Gasteiger partial charge in [0.25, 0.3) is 0 Å². The Labute approximate surface area is 167 Å². The Kier molecular flexibility index (Phi) is 15.3. The number of carbonyl (C=O) groups is 2.